The summed E-state index contributed by atoms with van der Waals surface area (Å²) in [5, 5.41) is 7.38. The van der Waals surface area contributed by atoms with Gasteiger partial charge < -0.3 is 5.32 Å². The summed E-state index contributed by atoms with van der Waals surface area (Å²) in [6.07, 6.45) is 0. The van der Waals surface area contributed by atoms with Crippen LogP contribution in [-0.4, -0.2) is 41.3 Å². The number of aryl methyl sites for hydroxylation is 3. The molecular weight excluding hydrogens is 402 g/mol. The molecule has 0 saturated heterocycles. The number of hydrogen-bond donors (Lipinski definition) is 2. The fourth-order valence-electron chi connectivity index (χ4n) is 2.76. The molecule has 0 unspecified atom stereocenters. The minimum absolute atomic E-state index is 0.0303. The van der Waals surface area contributed by atoms with Gasteiger partial charge >= 0.3 is 0 Å². The van der Waals surface area contributed by atoms with E-state index in [-0.39, 0.29) is 13.1 Å². The second kappa shape index (κ2) is 8.21. The highest BCUT2D eigenvalue weighted by Gasteiger charge is 2.19. The zero-order valence-corrected chi connectivity index (χ0v) is 16.9. The minimum atomic E-state index is -4.10. The number of sulfonamides is 1. The van der Waals surface area contributed by atoms with Crippen molar-refractivity contribution in [3.8, 4) is 5.82 Å². The Bertz CT molecular complexity index is 1150. The topological polar surface area (TPSA) is 102 Å². The second-order valence-corrected chi connectivity index (χ2v) is 8.13. The molecule has 0 bridgehead atoms. The summed E-state index contributed by atoms with van der Waals surface area (Å²) < 4.78 is 55.0. The zero-order chi connectivity index (χ0) is 21.2. The molecule has 0 aliphatic rings. The van der Waals surface area contributed by atoms with Crippen LogP contribution in [0.3, 0.4) is 0 Å². The molecule has 0 fully saturated rings. The third kappa shape index (κ3) is 4.93. The van der Waals surface area contributed by atoms with Crippen LogP contribution in [0, 0.1) is 32.4 Å². The molecule has 3 aromatic rings. The molecule has 0 radical (unpaired) electrons. The van der Waals surface area contributed by atoms with Crippen LogP contribution in [0.5, 0.6) is 0 Å². The molecule has 2 aromatic heterocycles. The van der Waals surface area contributed by atoms with Crippen LogP contribution in [0.2, 0.25) is 0 Å². The Hall–Kier alpha value is -2.92. The average molecular weight is 422 g/mol. The van der Waals surface area contributed by atoms with Crippen molar-refractivity contribution in [2.75, 3.05) is 18.4 Å². The normalized spacial score (nSPS) is 11.6. The Kier molecular flexibility index (Phi) is 5.89. The molecule has 29 heavy (non-hydrogen) atoms. The fourth-order valence-corrected chi connectivity index (χ4v) is 3.85. The predicted molar refractivity (Wildman–Crippen MR) is 103 cm³/mol. The summed E-state index contributed by atoms with van der Waals surface area (Å²) in [7, 11) is -4.10. The monoisotopic (exact) mass is 422 g/mol. The van der Waals surface area contributed by atoms with E-state index in [4.69, 9.17) is 0 Å². The predicted octanol–water partition coefficient (Wildman–Crippen LogP) is 2.26. The van der Waals surface area contributed by atoms with Gasteiger partial charge in [0.1, 0.15) is 28.2 Å². The molecule has 11 heteroatoms. The van der Waals surface area contributed by atoms with E-state index < -0.39 is 26.6 Å². The Morgan fingerprint density at radius 2 is 1.79 bits per heavy atom. The highest BCUT2D eigenvalue weighted by molar-refractivity contribution is 7.89. The van der Waals surface area contributed by atoms with Gasteiger partial charge in [-0.2, -0.15) is 5.10 Å². The fraction of sp³-hybridized carbons (Fsp3) is 0.278. The smallest absolute Gasteiger partial charge is 0.243 e. The molecule has 0 amide bonds. The number of anilines is 1. The summed E-state index contributed by atoms with van der Waals surface area (Å²) in [5.74, 6) is -0.398. The Morgan fingerprint density at radius 1 is 1.03 bits per heavy atom. The zero-order valence-electron chi connectivity index (χ0n) is 16.1. The van der Waals surface area contributed by atoms with Crippen molar-refractivity contribution in [3.63, 3.8) is 0 Å². The molecule has 0 spiro atoms. The number of benzene rings is 1. The van der Waals surface area contributed by atoms with Crippen molar-refractivity contribution in [1.29, 1.82) is 0 Å². The van der Waals surface area contributed by atoms with Crippen molar-refractivity contribution < 1.29 is 17.2 Å². The maximum atomic E-state index is 13.7. The first-order chi connectivity index (χ1) is 13.7. The van der Waals surface area contributed by atoms with Crippen molar-refractivity contribution >= 4 is 15.8 Å². The van der Waals surface area contributed by atoms with Gasteiger partial charge in [0, 0.05) is 30.9 Å². The van der Waals surface area contributed by atoms with Crippen LogP contribution in [0.1, 0.15) is 17.2 Å². The SMILES string of the molecule is Cc1cc(C)n(-c2cc(NCCNS(=O)(=O)c3ccc(F)cc3F)nc(C)n2)n1. The molecule has 154 valence electrons. The summed E-state index contributed by atoms with van der Waals surface area (Å²) >= 11 is 0. The largest absolute Gasteiger partial charge is 0.369 e. The molecule has 0 saturated carbocycles. The third-order valence-electron chi connectivity index (χ3n) is 3.96. The summed E-state index contributed by atoms with van der Waals surface area (Å²) in [6.45, 7) is 5.69. The standard InChI is InChI=1S/C18H20F2N6O2S/c1-11-8-12(2)26(25-11)18-10-17(23-13(3)24-18)21-6-7-22-29(27,28)16-5-4-14(19)9-15(16)20/h4-5,8-10,22H,6-7H2,1-3H3,(H,21,23,24). The van der Waals surface area contributed by atoms with Crippen molar-refractivity contribution in [3.05, 3.63) is 59.2 Å². The van der Waals surface area contributed by atoms with Gasteiger partial charge in [0.05, 0.1) is 5.69 Å². The van der Waals surface area contributed by atoms with E-state index >= 15 is 0 Å². The van der Waals surface area contributed by atoms with Gasteiger partial charge in [-0.25, -0.2) is 36.6 Å². The Morgan fingerprint density at radius 3 is 2.45 bits per heavy atom. The summed E-state index contributed by atoms with van der Waals surface area (Å²) in [5.41, 5.74) is 1.77. The van der Waals surface area contributed by atoms with Crippen molar-refractivity contribution in [1.82, 2.24) is 24.5 Å². The van der Waals surface area contributed by atoms with Crippen molar-refractivity contribution in [2.45, 2.75) is 25.7 Å². The van der Waals surface area contributed by atoms with Crippen LogP contribution in [0.4, 0.5) is 14.6 Å². The Balaban J connectivity index is 1.65. The Labute approximate surface area is 167 Å². The van der Waals surface area contributed by atoms with Gasteiger partial charge in [-0.3, -0.25) is 0 Å². The van der Waals surface area contributed by atoms with Gasteiger partial charge in [-0.05, 0) is 39.0 Å². The molecule has 2 heterocycles. The van der Waals surface area contributed by atoms with Crippen LogP contribution < -0.4 is 10.0 Å². The van der Waals surface area contributed by atoms with Gasteiger partial charge in [-0.15, -0.1) is 0 Å². The lowest BCUT2D eigenvalue weighted by molar-refractivity contribution is 0.543. The molecule has 0 aliphatic carbocycles. The lowest BCUT2D eigenvalue weighted by atomic mass is 10.3. The molecule has 2 N–H and O–H groups in total. The molecule has 1 aromatic carbocycles. The van der Waals surface area contributed by atoms with Crippen molar-refractivity contribution in [2.24, 2.45) is 0 Å². The molecule has 8 nitrogen and oxygen atoms in total. The maximum Gasteiger partial charge on any atom is 0.243 e. The first kappa shape index (κ1) is 20.8. The number of aromatic nitrogens is 4. The van der Waals surface area contributed by atoms with E-state index in [0.717, 1.165) is 23.5 Å². The van der Waals surface area contributed by atoms with Gasteiger partial charge in [0.2, 0.25) is 10.0 Å². The molecular formula is C18H20F2N6O2S. The molecule has 0 aliphatic heterocycles. The highest BCUT2D eigenvalue weighted by Crippen LogP contribution is 2.16. The lowest BCUT2D eigenvalue weighted by Gasteiger charge is -2.11. The highest BCUT2D eigenvalue weighted by atomic mass is 32.2. The quantitative estimate of drug-likeness (QED) is 0.567. The van der Waals surface area contributed by atoms with Gasteiger partial charge in [0.25, 0.3) is 0 Å². The minimum Gasteiger partial charge on any atom is -0.369 e. The van der Waals surface area contributed by atoms with Crippen LogP contribution in [0.15, 0.2) is 35.2 Å². The van der Waals surface area contributed by atoms with Crippen LogP contribution >= 0.6 is 0 Å². The first-order valence-corrected chi connectivity index (χ1v) is 10.2. The van der Waals surface area contributed by atoms with E-state index in [1.807, 2.05) is 19.9 Å². The number of hydrogen-bond acceptors (Lipinski definition) is 6. The number of halogens is 2. The third-order valence-corrected chi connectivity index (χ3v) is 5.45. The number of nitrogens with zero attached hydrogens (tertiary/aromatic N) is 4. The van der Waals surface area contributed by atoms with Gasteiger partial charge in [-0.1, -0.05) is 0 Å². The maximum absolute atomic E-state index is 13.7. The number of rotatable bonds is 7. The van der Waals surface area contributed by atoms with E-state index in [1.54, 1.807) is 17.7 Å². The second-order valence-electron chi connectivity index (χ2n) is 6.40. The molecule has 3 rings (SSSR count). The van der Waals surface area contributed by atoms with E-state index in [0.29, 0.717) is 23.5 Å². The summed E-state index contributed by atoms with van der Waals surface area (Å²) in [4.78, 5) is 8.03. The lowest BCUT2D eigenvalue weighted by Crippen LogP contribution is -2.29. The van der Waals surface area contributed by atoms with Gasteiger partial charge in [0.15, 0.2) is 5.82 Å². The van der Waals surface area contributed by atoms with E-state index in [1.165, 1.54) is 0 Å². The number of nitrogens with one attached hydrogen (secondary N) is 2. The van der Waals surface area contributed by atoms with E-state index in [9.17, 15) is 17.2 Å². The van der Waals surface area contributed by atoms with E-state index in [2.05, 4.69) is 25.1 Å². The first-order valence-electron chi connectivity index (χ1n) is 8.73. The van der Waals surface area contributed by atoms with Crippen LogP contribution in [-0.2, 0) is 10.0 Å². The average Bonchev–Trinajstić information content (AvgIpc) is 2.96. The van der Waals surface area contributed by atoms with Crippen LogP contribution in [0.25, 0.3) is 5.82 Å². The summed E-state index contributed by atoms with van der Waals surface area (Å²) in [6, 6.07) is 5.92. The molecule has 0 atom stereocenters.